The van der Waals surface area contributed by atoms with E-state index in [4.69, 9.17) is 0 Å². The standard InChI is InChI=1S/C22H22F2N4/c23-18-7-4-8-19(24)21(18)26-20-9-12-25-22(27-20)28-13-10-17(11-14-28)15-16-5-2-1-3-6-16/h1-9,12,17H,10-11,13-15H2,(H,25,26,27). The summed E-state index contributed by atoms with van der Waals surface area (Å²) in [5.74, 6) is 0.302. The molecule has 2 heterocycles. The Bertz CT molecular complexity index is 905. The smallest absolute Gasteiger partial charge is 0.227 e. The summed E-state index contributed by atoms with van der Waals surface area (Å²) >= 11 is 0. The van der Waals surface area contributed by atoms with Crippen molar-refractivity contribution in [2.24, 2.45) is 5.92 Å². The second kappa shape index (κ2) is 8.33. The Balaban J connectivity index is 1.40. The van der Waals surface area contributed by atoms with Gasteiger partial charge in [0.15, 0.2) is 0 Å². The van der Waals surface area contributed by atoms with Crippen LogP contribution < -0.4 is 10.2 Å². The molecule has 0 bridgehead atoms. The van der Waals surface area contributed by atoms with Gasteiger partial charge in [0.05, 0.1) is 0 Å². The summed E-state index contributed by atoms with van der Waals surface area (Å²) in [4.78, 5) is 10.9. The number of hydrogen-bond acceptors (Lipinski definition) is 4. The van der Waals surface area contributed by atoms with E-state index in [1.165, 1.54) is 23.8 Å². The monoisotopic (exact) mass is 380 g/mol. The van der Waals surface area contributed by atoms with Gasteiger partial charge in [0, 0.05) is 19.3 Å². The Labute approximate surface area is 163 Å². The summed E-state index contributed by atoms with van der Waals surface area (Å²) in [6.07, 6.45) is 4.83. The molecule has 28 heavy (non-hydrogen) atoms. The van der Waals surface area contributed by atoms with Crippen molar-refractivity contribution >= 4 is 17.5 Å². The summed E-state index contributed by atoms with van der Waals surface area (Å²) in [6.45, 7) is 1.74. The lowest BCUT2D eigenvalue weighted by Crippen LogP contribution is -2.35. The maximum atomic E-state index is 13.9. The largest absolute Gasteiger partial charge is 0.341 e. The van der Waals surface area contributed by atoms with Gasteiger partial charge >= 0.3 is 0 Å². The SMILES string of the molecule is Fc1cccc(F)c1Nc1ccnc(N2CCC(Cc3ccccc3)CC2)n1. The van der Waals surface area contributed by atoms with Crippen LogP contribution in [0.4, 0.5) is 26.2 Å². The molecule has 6 heteroatoms. The van der Waals surface area contributed by atoms with Crippen molar-refractivity contribution < 1.29 is 8.78 Å². The van der Waals surface area contributed by atoms with E-state index in [0.29, 0.717) is 17.7 Å². The number of aromatic nitrogens is 2. The van der Waals surface area contributed by atoms with Gasteiger partial charge in [-0.2, -0.15) is 4.98 Å². The Hall–Kier alpha value is -3.02. The third kappa shape index (κ3) is 4.27. The van der Waals surface area contributed by atoms with Crippen LogP contribution in [0.2, 0.25) is 0 Å². The molecule has 1 aliphatic heterocycles. The summed E-state index contributed by atoms with van der Waals surface area (Å²) in [6, 6.07) is 15.9. The molecule has 0 radical (unpaired) electrons. The zero-order valence-corrected chi connectivity index (χ0v) is 15.5. The number of halogens is 2. The highest BCUT2D eigenvalue weighted by molar-refractivity contribution is 5.58. The highest BCUT2D eigenvalue weighted by Crippen LogP contribution is 2.26. The van der Waals surface area contributed by atoms with E-state index < -0.39 is 11.6 Å². The second-order valence-electron chi connectivity index (χ2n) is 7.08. The van der Waals surface area contributed by atoms with E-state index in [-0.39, 0.29) is 5.69 Å². The predicted octanol–water partition coefficient (Wildman–Crippen LogP) is 4.96. The number of nitrogens with one attached hydrogen (secondary N) is 1. The Morgan fingerprint density at radius 1 is 0.929 bits per heavy atom. The molecule has 4 nitrogen and oxygen atoms in total. The number of hydrogen-bond donors (Lipinski definition) is 1. The third-order valence-electron chi connectivity index (χ3n) is 5.12. The molecule has 1 fully saturated rings. The van der Waals surface area contributed by atoms with Crippen molar-refractivity contribution in [3.05, 3.63) is 78.0 Å². The fraction of sp³-hybridized carbons (Fsp3) is 0.273. The van der Waals surface area contributed by atoms with Crippen LogP contribution in [0.25, 0.3) is 0 Å². The Morgan fingerprint density at radius 3 is 2.36 bits per heavy atom. The van der Waals surface area contributed by atoms with Crippen LogP contribution in [0.1, 0.15) is 18.4 Å². The molecular weight excluding hydrogens is 358 g/mol. The minimum absolute atomic E-state index is 0.200. The number of anilines is 3. The van der Waals surface area contributed by atoms with E-state index >= 15 is 0 Å². The molecule has 1 aromatic heterocycles. The topological polar surface area (TPSA) is 41.1 Å². The molecular formula is C22H22F2N4. The molecule has 2 aromatic carbocycles. The fourth-order valence-electron chi connectivity index (χ4n) is 3.60. The predicted molar refractivity (Wildman–Crippen MR) is 107 cm³/mol. The molecule has 0 amide bonds. The number of benzene rings is 2. The first-order valence-electron chi connectivity index (χ1n) is 9.52. The number of para-hydroxylation sites is 1. The highest BCUT2D eigenvalue weighted by Gasteiger charge is 2.21. The van der Waals surface area contributed by atoms with Crippen molar-refractivity contribution in [2.45, 2.75) is 19.3 Å². The van der Waals surface area contributed by atoms with Crippen LogP contribution >= 0.6 is 0 Å². The molecule has 4 rings (SSSR count). The summed E-state index contributed by atoms with van der Waals surface area (Å²) < 4.78 is 27.7. The van der Waals surface area contributed by atoms with E-state index in [2.05, 4.69) is 44.5 Å². The van der Waals surface area contributed by atoms with Crippen LogP contribution in [0, 0.1) is 17.6 Å². The lowest BCUT2D eigenvalue weighted by Gasteiger charge is -2.32. The summed E-state index contributed by atoms with van der Waals surface area (Å²) in [5.41, 5.74) is 1.17. The van der Waals surface area contributed by atoms with Crippen molar-refractivity contribution in [2.75, 3.05) is 23.3 Å². The lowest BCUT2D eigenvalue weighted by atomic mass is 9.90. The van der Waals surface area contributed by atoms with Crippen molar-refractivity contribution in [3.63, 3.8) is 0 Å². The highest BCUT2D eigenvalue weighted by atomic mass is 19.1. The second-order valence-corrected chi connectivity index (χ2v) is 7.08. The summed E-state index contributed by atoms with van der Waals surface area (Å²) in [5, 5.41) is 2.73. The summed E-state index contributed by atoms with van der Waals surface area (Å²) in [7, 11) is 0. The molecule has 0 saturated carbocycles. The van der Waals surface area contributed by atoms with Crippen LogP contribution in [-0.2, 0) is 6.42 Å². The molecule has 1 N–H and O–H groups in total. The quantitative estimate of drug-likeness (QED) is 0.679. The van der Waals surface area contributed by atoms with E-state index in [9.17, 15) is 8.78 Å². The molecule has 0 unspecified atom stereocenters. The molecule has 1 saturated heterocycles. The molecule has 0 spiro atoms. The van der Waals surface area contributed by atoms with Gasteiger partial charge in [-0.05, 0) is 48.9 Å². The van der Waals surface area contributed by atoms with E-state index in [1.807, 2.05) is 6.07 Å². The van der Waals surface area contributed by atoms with Gasteiger partial charge in [0.2, 0.25) is 5.95 Å². The van der Waals surface area contributed by atoms with Gasteiger partial charge in [-0.3, -0.25) is 0 Å². The van der Waals surface area contributed by atoms with E-state index in [1.54, 1.807) is 12.3 Å². The zero-order chi connectivity index (χ0) is 19.3. The van der Waals surface area contributed by atoms with Crippen molar-refractivity contribution in [3.8, 4) is 0 Å². The van der Waals surface area contributed by atoms with Crippen LogP contribution in [0.3, 0.4) is 0 Å². The molecule has 0 atom stereocenters. The maximum absolute atomic E-state index is 13.9. The Kier molecular flexibility index (Phi) is 5.46. The van der Waals surface area contributed by atoms with Gasteiger partial charge in [-0.15, -0.1) is 0 Å². The average Bonchev–Trinajstić information content (AvgIpc) is 2.72. The maximum Gasteiger partial charge on any atom is 0.227 e. The van der Waals surface area contributed by atoms with Gasteiger partial charge in [-0.25, -0.2) is 13.8 Å². The van der Waals surface area contributed by atoms with Crippen molar-refractivity contribution in [1.29, 1.82) is 0 Å². The third-order valence-corrected chi connectivity index (χ3v) is 5.12. The number of nitrogens with zero attached hydrogens (tertiary/aromatic N) is 3. The van der Waals surface area contributed by atoms with Gasteiger partial charge in [0.1, 0.15) is 23.1 Å². The van der Waals surface area contributed by atoms with Gasteiger partial charge in [-0.1, -0.05) is 36.4 Å². The van der Waals surface area contributed by atoms with Crippen LogP contribution in [0.5, 0.6) is 0 Å². The lowest BCUT2D eigenvalue weighted by molar-refractivity contribution is 0.400. The Morgan fingerprint density at radius 2 is 1.64 bits per heavy atom. The molecule has 3 aromatic rings. The van der Waals surface area contributed by atoms with Crippen LogP contribution in [0.15, 0.2) is 60.8 Å². The first-order valence-corrected chi connectivity index (χ1v) is 9.52. The number of rotatable bonds is 5. The first-order chi connectivity index (χ1) is 13.7. The average molecular weight is 380 g/mol. The molecule has 1 aliphatic rings. The van der Waals surface area contributed by atoms with Gasteiger partial charge < -0.3 is 10.2 Å². The number of piperidine rings is 1. The molecule has 144 valence electrons. The fourth-order valence-corrected chi connectivity index (χ4v) is 3.60. The minimum atomic E-state index is -0.651. The van der Waals surface area contributed by atoms with E-state index in [0.717, 1.165) is 32.4 Å². The first kappa shape index (κ1) is 18.3. The minimum Gasteiger partial charge on any atom is -0.341 e. The van der Waals surface area contributed by atoms with Crippen LogP contribution in [-0.4, -0.2) is 23.1 Å². The normalized spacial score (nSPS) is 14.9. The van der Waals surface area contributed by atoms with Gasteiger partial charge in [0.25, 0.3) is 0 Å². The zero-order valence-electron chi connectivity index (χ0n) is 15.5. The molecule has 0 aliphatic carbocycles. The van der Waals surface area contributed by atoms with Crippen molar-refractivity contribution in [1.82, 2.24) is 9.97 Å².